The number of ether oxygens (including phenoxy) is 1. The molecule has 0 spiro atoms. The van der Waals surface area contributed by atoms with E-state index in [9.17, 15) is 4.79 Å². The number of carbonyl (C=O) groups excluding carboxylic acids is 1. The number of nitrogens with zero attached hydrogens (tertiary/aromatic N) is 1. The van der Waals surface area contributed by atoms with Crippen LogP contribution in [0.1, 0.15) is 29.2 Å². The molecule has 1 amide bonds. The van der Waals surface area contributed by atoms with Gasteiger partial charge in [0.15, 0.2) is 0 Å². The predicted molar refractivity (Wildman–Crippen MR) is 94.2 cm³/mol. The summed E-state index contributed by atoms with van der Waals surface area (Å²) < 4.78 is 10.00. The van der Waals surface area contributed by atoms with E-state index >= 15 is 0 Å². The number of nitrogens with one attached hydrogen (secondary N) is 1. The van der Waals surface area contributed by atoms with Crippen LogP contribution in [0.4, 0.5) is 0 Å². The van der Waals surface area contributed by atoms with Crippen molar-refractivity contribution in [3.05, 3.63) is 83.7 Å². The zero-order chi connectivity index (χ0) is 17.5. The fourth-order valence-electron chi connectivity index (χ4n) is 2.73. The summed E-state index contributed by atoms with van der Waals surface area (Å²) >= 11 is 0. The quantitative estimate of drug-likeness (QED) is 0.717. The van der Waals surface area contributed by atoms with E-state index < -0.39 is 0 Å². The van der Waals surface area contributed by atoms with E-state index in [0.717, 1.165) is 16.9 Å². The van der Waals surface area contributed by atoms with Crippen LogP contribution in [0.2, 0.25) is 0 Å². The van der Waals surface area contributed by atoms with Crippen molar-refractivity contribution in [2.45, 2.75) is 18.9 Å². The van der Waals surface area contributed by atoms with Crippen molar-refractivity contribution in [3.63, 3.8) is 0 Å². The fourth-order valence-corrected chi connectivity index (χ4v) is 2.73. The van der Waals surface area contributed by atoms with Crippen LogP contribution in [0.3, 0.4) is 0 Å². The van der Waals surface area contributed by atoms with Gasteiger partial charge in [-0.25, -0.2) is 0 Å². The van der Waals surface area contributed by atoms with Crippen molar-refractivity contribution in [1.29, 1.82) is 0 Å². The molecule has 3 rings (SSSR count). The molecule has 5 heteroatoms. The average Bonchev–Trinajstić information content (AvgIpc) is 3.19. The number of rotatable bonds is 7. The lowest BCUT2D eigenvalue weighted by atomic mass is 9.88. The van der Waals surface area contributed by atoms with Crippen molar-refractivity contribution in [2.24, 2.45) is 0 Å². The summed E-state index contributed by atoms with van der Waals surface area (Å²) in [7, 11) is 1.64. The first-order chi connectivity index (χ1) is 12.3. The number of benzene rings is 2. The molecule has 1 atom stereocenters. The Bertz CT molecular complexity index is 784. The number of methoxy groups -OCH3 is 1. The van der Waals surface area contributed by atoms with E-state index in [0.29, 0.717) is 18.7 Å². The average molecular weight is 336 g/mol. The molecule has 0 bridgehead atoms. The summed E-state index contributed by atoms with van der Waals surface area (Å²) in [6, 6.07) is 19.6. The lowest BCUT2D eigenvalue weighted by molar-refractivity contribution is -0.121. The van der Waals surface area contributed by atoms with Gasteiger partial charge in [-0.2, -0.15) is 0 Å². The third kappa shape index (κ3) is 4.47. The van der Waals surface area contributed by atoms with Gasteiger partial charge in [0.2, 0.25) is 5.91 Å². The van der Waals surface area contributed by atoms with Crippen LogP contribution in [-0.2, 0) is 11.3 Å². The van der Waals surface area contributed by atoms with Gasteiger partial charge in [0.05, 0.1) is 13.7 Å². The molecular formula is C20H20N2O3. The van der Waals surface area contributed by atoms with Gasteiger partial charge in [-0.1, -0.05) is 47.6 Å². The Kier molecular flexibility index (Phi) is 5.46. The van der Waals surface area contributed by atoms with E-state index in [1.54, 1.807) is 13.2 Å². The molecular weight excluding hydrogens is 316 g/mol. The minimum atomic E-state index is -0.0346. The molecule has 1 heterocycles. The number of hydrogen-bond donors (Lipinski definition) is 1. The second-order valence-corrected chi connectivity index (χ2v) is 5.71. The SMILES string of the molecule is COc1ccc([C@@H](CC(=O)NCc2ccon2)c2ccccc2)cc1. The molecule has 1 N–H and O–H groups in total. The molecule has 2 aromatic carbocycles. The third-order valence-electron chi connectivity index (χ3n) is 4.07. The Morgan fingerprint density at radius 2 is 1.80 bits per heavy atom. The van der Waals surface area contributed by atoms with Gasteiger partial charge in [-0.05, 0) is 23.3 Å². The summed E-state index contributed by atoms with van der Waals surface area (Å²) in [6.07, 6.45) is 1.85. The maximum Gasteiger partial charge on any atom is 0.221 e. The zero-order valence-corrected chi connectivity index (χ0v) is 14.0. The minimum absolute atomic E-state index is 0.0237. The van der Waals surface area contributed by atoms with Gasteiger partial charge >= 0.3 is 0 Å². The van der Waals surface area contributed by atoms with Gasteiger partial charge in [-0.15, -0.1) is 0 Å². The molecule has 0 saturated carbocycles. The highest BCUT2D eigenvalue weighted by Crippen LogP contribution is 2.29. The second-order valence-electron chi connectivity index (χ2n) is 5.71. The van der Waals surface area contributed by atoms with Crippen LogP contribution in [0, 0.1) is 0 Å². The van der Waals surface area contributed by atoms with Crippen LogP contribution in [0.15, 0.2) is 71.4 Å². The van der Waals surface area contributed by atoms with Crippen molar-refractivity contribution < 1.29 is 14.1 Å². The highest BCUT2D eigenvalue weighted by molar-refractivity contribution is 5.77. The third-order valence-corrected chi connectivity index (χ3v) is 4.07. The van der Waals surface area contributed by atoms with Crippen LogP contribution in [-0.4, -0.2) is 18.2 Å². The molecule has 0 aliphatic rings. The van der Waals surface area contributed by atoms with E-state index in [1.807, 2.05) is 54.6 Å². The molecule has 3 aromatic rings. The Hall–Kier alpha value is -3.08. The summed E-state index contributed by atoms with van der Waals surface area (Å²) in [4.78, 5) is 12.4. The molecule has 5 nitrogen and oxygen atoms in total. The van der Waals surface area contributed by atoms with E-state index in [4.69, 9.17) is 9.26 Å². The first-order valence-electron chi connectivity index (χ1n) is 8.11. The Labute approximate surface area is 146 Å². The van der Waals surface area contributed by atoms with Crippen LogP contribution in [0.5, 0.6) is 5.75 Å². The van der Waals surface area contributed by atoms with Crippen molar-refractivity contribution >= 4 is 5.91 Å². The summed E-state index contributed by atoms with van der Waals surface area (Å²) in [5.74, 6) is 0.739. The number of carbonyl (C=O) groups is 1. The standard InChI is InChI=1S/C20H20N2O3/c1-24-18-9-7-16(8-10-18)19(15-5-3-2-4-6-15)13-20(23)21-14-17-11-12-25-22-17/h2-12,19H,13-14H2,1H3,(H,21,23)/t19-/m0/s1. The smallest absolute Gasteiger partial charge is 0.221 e. The lowest BCUT2D eigenvalue weighted by Crippen LogP contribution is -2.25. The summed E-state index contributed by atoms with van der Waals surface area (Å²) in [5, 5.41) is 6.69. The molecule has 0 saturated heterocycles. The highest BCUT2D eigenvalue weighted by atomic mass is 16.5. The molecule has 0 aliphatic carbocycles. The molecule has 128 valence electrons. The van der Waals surface area contributed by atoms with Crippen molar-refractivity contribution in [2.75, 3.05) is 7.11 Å². The van der Waals surface area contributed by atoms with E-state index in [-0.39, 0.29) is 11.8 Å². The molecule has 25 heavy (non-hydrogen) atoms. The van der Waals surface area contributed by atoms with Crippen LogP contribution in [0.25, 0.3) is 0 Å². The molecule has 0 unspecified atom stereocenters. The molecule has 0 radical (unpaired) electrons. The Balaban J connectivity index is 1.75. The Morgan fingerprint density at radius 1 is 1.08 bits per heavy atom. The van der Waals surface area contributed by atoms with Gasteiger partial charge in [0, 0.05) is 18.4 Å². The number of hydrogen-bond acceptors (Lipinski definition) is 4. The van der Waals surface area contributed by atoms with Gasteiger partial charge in [-0.3, -0.25) is 4.79 Å². The van der Waals surface area contributed by atoms with Gasteiger partial charge in [0.1, 0.15) is 17.7 Å². The maximum atomic E-state index is 12.4. The summed E-state index contributed by atoms with van der Waals surface area (Å²) in [6.45, 7) is 0.361. The monoisotopic (exact) mass is 336 g/mol. The fraction of sp³-hybridized carbons (Fsp3) is 0.200. The van der Waals surface area contributed by atoms with Gasteiger partial charge < -0.3 is 14.6 Å². The molecule has 0 aliphatic heterocycles. The van der Waals surface area contributed by atoms with Crippen molar-refractivity contribution in [1.82, 2.24) is 10.5 Å². The summed E-state index contributed by atoms with van der Waals surface area (Å²) in [5.41, 5.74) is 2.88. The van der Waals surface area contributed by atoms with Crippen LogP contribution < -0.4 is 10.1 Å². The predicted octanol–water partition coefficient (Wildman–Crippen LogP) is 3.52. The van der Waals surface area contributed by atoms with E-state index in [2.05, 4.69) is 10.5 Å². The lowest BCUT2D eigenvalue weighted by Gasteiger charge is -2.18. The van der Waals surface area contributed by atoms with Crippen molar-refractivity contribution in [3.8, 4) is 5.75 Å². The first kappa shape index (κ1) is 16.8. The topological polar surface area (TPSA) is 64.4 Å². The Morgan fingerprint density at radius 3 is 2.44 bits per heavy atom. The largest absolute Gasteiger partial charge is 0.497 e. The zero-order valence-electron chi connectivity index (χ0n) is 14.0. The molecule has 0 fully saturated rings. The first-order valence-corrected chi connectivity index (χ1v) is 8.11. The van der Waals surface area contributed by atoms with Crippen LogP contribution >= 0.6 is 0 Å². The van der Waals surface area contributed by atoms with E-state index in [1.165, 1.54) is 6.26 Å². The molecule has 1 aromatic heterocycles. The minimum Gasteiger partial charge on any atom is -0.497 e. The van der Waals surface area contributed by atoms with Gasteiger partial charge in [0.25, 0.3) is 0 Å². The number of aromatic nitrogens is 1. The normalized spacial score (nSPS) is 11.7. The maximum absolute atomic E-state index is 12.4. The highest BCUT2D eigenvalue weighted by Gasteiger charge is 2.18. The number of amides is 1. The second kappa shape index (κ2) is 8.15.